The first-order chi connectivity index (χ1) is 65.1. The van der Waals surface area contributed by atoms with Gasteiger partial charge in [0.25, 0.3) is 0 Å². The maximum absolute atomic E-state index is 14.8. The average Bonchev–Trinajstić information content (AvgIpc) is 0.852. The van der Waals surface area contributed by atoms with Crippen LogP contribution in [0.5, 0.6) is 0 Å². The summed E-state index contributed by atoms with van der Waals surface area (Å²) in [5.74, 6) is -21.1. The van der Waals surface area contributed by atoms with Crippen molar-refractivity contribution in [3.05, 3.63) is 0 Å². The molecule has 47 heteroatoms. The van der Waals surface area contributed by atoms with Crippen LogP contribution < -0.4 is 137 Å². The number of aliphatic carboxylic acids is 2. The van der Waals surface area contributed by atoms with Crippen molar-refractivity contribution < 1.29 is 106 Å². The summed E-state index contributed by atoms with van der Waals surface area (Å²) in [7, 11) is 0. The third-order valence-electron chi connectivity index (χ3n) is 23.4. The zero-order valence-electron chi connectivity index (χ0n) is 83.2. The van der Waals surface area contributed by atoms with Gasteiger partial charge in [-0.2, -0.15) is 0 Å². The van der Waals surface area contributed by atoms with E-state index in [9.17, 15) is 106 Å². The normalized spacial score (nSPS) is 15.2. The van der Waals surface area contributed by atoms with E-state index in [0.717, 1.165) is 0 Å². The van der Waals surface area contributed by atoms with E-state index in [1.54, 1.807) is 83.1 Å². The molecule has 18 atom stereocenters. The maximum Gasteiger partial charge on any atom is 0.326 e. The van der Waals surface area contributed by atoms with E-state index in [1.807, 2.05) is 0 Å². The third-order valence-corrected chi connectivity index (χ3v) is 23.4. The lowest BCUT2D eigenvalue weighted by atomic mass is 9.96. The molecule has 47 nitrogen and oxygen atoms in total. The minimum absolute atomic E-state index is 0.00669. The van der Waals surface area contributed by atoms with Crippen LogP contribution in [-0.2, 0) is 95.9 Å². The highest BCUT2D eigenvalue weighted by Gasteiger charge is 2.40. The molecule has 0 radical (unpaired) electrons. The molecule has 0 aliphatic rings. The quantitative estimate of drug-likeness (QED) is 0.0257. The molecule has 0 heterocycles. The number of amides is 18. The number of primary amides is 2. The summed E-state index contributed by atoms with van der Waals surface area (Å²) in [5, 5.41) is 61.2. The second-order valence-corrected chi connectivity index (χ2v) is 36.8. The van der Waals surface area contributed by atoms with Crippen LogP contribution in [0.25, 0.3) is 0 Å². The molecule has 0 fully saturated rings. The highest BCUT2D eigenvalue weighted by Crippen LogP contribution is 2.19. The number of carbonyl (C=O) groups is 20. The fourth-order valence-electron chi connectivity index (χ4n) is 14.6. The topological polar surface area (TPSA) is 809 Å². The molecule has 0 saturated heterocycles. The van der Waals surface area contributed by atoms with E-state index < -0.39 is 278 Å². The summed E-state index contributed by atoms with van der Waals surface area (Å²) in [4.78, 5) is 276. The Morgan fingerprint density at radius 1 is 0.246 bits per heavy atom. The molecule has 0 aromatic rings. The zero-order chi connectivity index (χ0) is 105. The largest absolute Gasteiger partial charge is 0.481 e. The molecule has 0 aromatic carbocycles. The van der Waals surface area contributed by atoms with Crippen LogP contribution in [0.4, 0.5) is 0 Å². The number of nitrogens with two attached hydrogens (primary N) is 9. The van der Waals surface area contributed by atoms with Crippen molar-refractivity contribution in [2.45, 2.75) is 366 Å². The third kappa shape index (κ3) is 53.3. The molecule has 0 rings (SSSR count). The van der Waals surface area contributed by atoms with Crippen LogP contribution in [0, 0.1) is 35.5 Å². The first-order valence-electron chi connectivity index (χ1n) is 48.9. The predicted molar refractivity (Wildman–Crippen MR) is 517 cm³/mol. The number of rotatable bonds is 78. The van der Waals surface area contributed by atoms with Gasteiger partial charge in [0, 0.05) is 19.3 Å². The molecule has 0 aliphatic heterocycles. The van der Waals surface area contributed by atoms with E-state index in [1.165, 1.54) is 0 Å². The monoisotopic (exact) mass is 1960 g/mol. The number of hydrogen-bond donors (Lipinski definition) is 27. The number of carboxylic acid groups (broad SMARTS) is 2. The van der Waals surface area contributed by atoms with Gasteiger partial charge in [-0.1, -0.05) is 109 Å². The van der Waals surface area contributed by atoms with Gasteiger partial charge in [0.1, 0.15) is 84.6 Å². The van der Waals surface area contributed by atoms with Crippen molar-refractivity contribution in [1.29, 1.82) is 0 Å². The van der Waals surface area contributed by atoms with Crippen LogP contribution in [-0.4, -0.2) is 271 Å². The first kappa shape index (κ1) is 127. The van der Waals surface area contributed by atoms with Crippen molar-refractivity contribution in [3.8, 4) is 0 Å². The number of nitrogens with one attached hydrogen (secondary N) is 16. The Bertz CT molecular complexity index is 3830. The van der Waals surface area contributed by atoms with Gasteiger partial charge in [-0.15, -0.1) is 0 Å². The number of unbranched alkanes of at least 4 members (excludes halogenated alkanes) is 6. The molecule has 0 unspecified atom stereocenters. The second-order valence-electron chi connectivity index (χ2n) is 36.8. The molecule has 0 aliphatic carbocycles. The van der Waals surface area contributed by atoms with Gasteiger partial charge < -0.3 is 147 Å². The summed E-state index contributed by atoms with van der Waals surface area (Å²) in [6, 6.07) is -20.9. The number of carbonyl (C=O) groups excluding carboxylic acids is 18. The van der Waals surface area contributed by atoms with Gasteiger partial charge in [0.15, 0.2) is 0 Å². The van der Waals surface area contributed by atoms with Gasteiger partial charge >= 0.3 is 11.9 Å². The van der Waals surface area contributed by atoms with E-state index in [0.29, 0.717) is 70.8 Å². The Labute approximate surface area is 811 Å². The first-order valence-corrected chi connectivity index (χ1v) is 48.9. The Balaban J connectivity index is 7.26. The van der Waals surface area contributed by atoms with Gasteiger partial charge in [0.05, 0.1) is 19.1 Å². The van der Waals surface area contributed by atoms with Gasteiger partial charge in [-0.3, -0.25) is 91.1 Å². The fourth-order valence-corrected chi connectivity index (χ4v) is 14.6. The zero-order valence-corrected chi connectivity index (χ0v) is 83.2. The van der Waals surface area contributed by atoms with Gasteiger partial charge in [-0.05, 0) is 222 Å². The van der Waals surface area contributed by atoms with Crippen LogP contribution >= 0.6 is 0 Å². The molecule has 18 amide bonds. The lowest BCUT2D eigenvalue weighted by Gasteiger charge is -2.29. The maximum atomic E-state index is 14.8. The number of hydrogen-bond acceptors (Lipinski definition) is 27. The number of carboxylic acids is 2. The molecule has 138 heavy (non-hydrogen) atoms. The SMILES string of the molecule is CC[C@H](C)[C@H](NC(=O)[C@H](CCCCN)NC(=O)[C@H](CCCCN)NC(=O)[C@H](CC(C)C)NC(=O)[C@H](CCCCN)NC(=O)[C@H](CCC(=O)O)NC(=O)[C@H](CCCCN)NC(=O)[C@@H](NC(=O)[C@@H](N)CCCCN)[C@@H](C)CC)C(=O)NCC(=O)N[C@@H](CCC(N)=O)C(=O)N[C@@H](CCCCN)C(=O)N[C@H](C(=O)N[C@@H](CCC(N)=O)C(=O)NCC(=O)N[C@@H](CC(C)C)C(=O)N[C@@H](CC(C)C)C(=O)O)[C@@H](C)CC. The fraction of sp³-hybridized carbons (Fsp3) is 0.780. The average molecular weight is 1970 g/mol. The summed E-state index contributed by atoms with van der Waals surface area (Å²) in [5.41, 5.74) is 52.1. The second kappa shape index (κ2) is 71.5. The lowest BCUT2D eigenvalue weighted by Crippen LogP contribution is -2.61. The summed E-state index contributed by atoms with van der Waals surface area (Å²) < 4.78 is 0. The molecule has 0 saturated carbocycles. The van der Waals surface area contributed by atoms with E-state index in [4.69, 9.17) is 51.6 Å². The molecular weight excluding hydrogens is 1800 g/mol. The Kier molecular flexibility index (Phi) is 65.9. The highest BCUT2D eigenvalue weighted by atomic mass is 16.4. The van der Waals surface area contributed by atoms with Crippen LogP contribution in [0.15, 0.2) is 0 Å². The molecule has 0 bridgehead atoms. The molecule has 0 aromatic heterocycles. The van der Waals surface area contributed by atoms with Gasteiger partial charge in [-0.25, -0.2) is 4.79 Å². The van der Waals surface area contributed by atoms with Crippen molar-refractivity contribution in [2.24, 2.45) is 87.1 Å². The van der Waals surface area contributed by atoms with Crippen molar-refractivity contribution in [3.63, 3.8) is 0 Å². The summed E-state index contributed by atoms with van der Waals surface area (Å²) in [6.45, 7) is 20.3. The van der Waals surface area contributed by atoms with E-state index in [-0.39, 0.29) is 140 Å². The lowest BCUT2D eigenvalue weighted by molar-refractivity contribution is -0.143. The van der Waals surface area contributed by atoms with Gasteiger partial charge in [0.2, 0.25) is 106 Å². The Morgan fingerprint density at radius 2 is 0.471 bits per heavy atom. The molecule has 0 spiro atoms. The van der Waals surface area contributed by atoms with Crippen molar-refractivity contribution >= 4 is 118 Å². The summed E-state index contributed by atoms with van der Waals surface area (Å²) >= 11 is 0. The molecule has 36 N–H and O–H groups in total. The smallest absolute Gasteiger partial charge is 0.326 e. The standard InChI is InChI=1S/C91H169N25O22/c1-13-54(10)74(88(134)102-50-71(119)103-64(35-38-70(100)118)82(128)107-62(33-21-27-45-97)85(131)116-76(56(12)15-3)90(136)111-63(34-37-69(99)117)78(124)101-49-72(120)104-66(46-51(4)5)86(132)113-68(91(137)138)48-53(8)9)115-84(130)61(32-20-26-44-96)106-79(125)58(29-17-23-41-93)108-87(133)67(47-52(6)7)112-81(127)59(30-18-24-42-94)105-83(129)65(36-39-73(121)122)109-80(126)60(31-19-25-43-95)110-89(135)75(55(11)14-2)114-77(123)57(98)28-16-22-40-92/h51-68,74-76H,13-50,92-98H2,1-12H3,(H2,99,117)(H2,100,118)(H,101,124)(H,102,134)(H,103,119)(H,104,120)(H,105,129)(H,106,125)(H,107,128)(H,108,133)(H,109,126)(H,110,135)(H,111,136)(H,112,127)(H,113,132)(H,114,123)(H,115,130)(H,116,131)(H,121,122)(H,137,138)/t54-,55-,56-,57-,58-,59-,60-,61-,62-,63-,64-,65-,66-,67-,68-,74-,75-,76-/m0/s1. The van der Waals surface area contributed by atoms with E-state index >= 15 is 0 Å². The summed E-state index contributed by atoms with van der Waals surface area (Å²) in [6.07, 6.45) is 2.29. The Hall–Kier alpha value is -10.9. The predicted octanol–water partition coefficient (Wildman–Crippen LogP) is -4.14. The van der Waals surface area contributed by atoms with Crippen LogP contribution in [0.2, 0.25) is 0 Å². The van der Waals surface area contributed by atoms with Crippen molar-refractivity contribution in [2.75, 3.05) is 52.4 Å². The minimum atomic E-state index is -1.64. The molecule has 790 valence electrons. The van der Waals surface area contributed by atoms with Crippen LogP contribution in [0.1, 0.15) is 276 Å². The van der Waals surface area contributed by atoms with Crippen molar-refractivity contribution in [1.82, 2.24) is 85.1 Å². The van der Waals surface area contributed by atoms with E-state index in [2.05, 4.69) is 85.1 Å². The molecular formula is C91H169N25O22. The minimum Gasteiger partial charge on any atom is -0.481 e. The highest BCUT2D eigenvalue weighted by molar-refractivity contribution is 6.01. The van der Waals surface area contributed by atoms with Crippen LogP contribution in [0.3, 0.4) is 0 Å². The Morgan fingerprint density at radius 3 is 0.768 bits per heavy atom.